The van der Waals surface area contributed by atoms with Crippen molar-refractivity contribution in [1.82, 2.24) is 15.3 Å². The number of anilines is 1. The SMILES string of the molecule is CCC(CC)CCc1cc(-c2ccc(NC(=O)NCCc3cccnc3)cc2I)ccn1. The van der Waals surface area contributed by atoms with Crippen LogP contribution >= 0.6 is 22.6 Å². The fourth-order valence-corrected chi connectivity index (χ4v) is 4.53. The molecule has 6 heteroatoms. The number of nitrogens with one attached hydrogen (secondary N) is 2. The smallest absolute Gasteiger partial charge is 0.319 e. The van der Waals surface area contributed by atoms with Gasteiger partial charge in [-0.15, -0.1) is 0 Å². The van der Waals surface area contributed by atoms with Crippen molar-refractivity contribution in [1.29, 1.82) is 0 Å². The highest BCUT2D eigenvalue weighted by molar-refractivity contribution is 14.1. The maximum absolute atomic E-state index is 12.2. The first-order valence-electron chi connectivity index (χ1n) is 11.3. The fraction of sp³-hybridized carbons (Fsp3) is 0.346. The highest BCUT2D eigenvalue weighted by Crippen LogP contribution is 2.28. The van der Waals surface area contributed by atoms with Gasteiger partial charge in [-0.1, -0.05) is 38.8 Å². The minimum Gasteiger partial charge on any atom is -0.338 e. The van der Waals surface area contributed by atoms with Crippen LogP contribution in [-0.2, 0) is 12.8 Å². The van der Waals surface area contributed by atoms with Gasteiger partial charge in [0.1, 0.15) is 0 Å². The molecule has 0 aliphatic rings. The molecule has 0 spiro atoms. The van der Waals surface area contributed by atoms with E-state index in [9.17, 15) is 4.79 Å². The third-order valence-electron chi connectivity index (χ3n) is 5.74. The topological polar surface area (TPSA) is 66.9 Å². The van der Waals surface area contributed by atoms with E-state index in [0.29, 0.717) is 6.54 Å². The Morgan fingerprint density at radius 1 is 1.06 bits per heavy atom. The van der Waals surface area contributed by atoms with E-state index < -0.39 is 0 Å². The van der Waals surface area contributed by atoms with Crippen molar-refractivity contribution in [3.05, 3.63) is 75.9 Å². The van der Waals surface area contributed by atoms with Gasteiger partial charge in [0, 0.05) is 40.1 Å². The first kappa shape index (κ1) is 24.2. The van der Waals surface area contributed by atoms with Crippen molar-refractivity contribution >= 4 is 34.3 Å². The number of rotatable bonds is 10. The van der Waals surface area contributed by atoms with E-state index in [1.807, 2.05) is 36.7 Å². The number of carbonyl (C=O) groups excluding carboxylic acids is 1. The Hall–Kier alpha value is -2.48. The molecule has 2 aromatic heterocycles. The lowest BCUT2D eigenvalue weighted by molar-refractivity contribution is 0.252. The van der Waals surface area contributed by atoms with Crippen molar-refractivity contribution in [2.75, 3.05) is 11.9 Å². The molecule has 1 aromatic carbocycles. The van der Waals surface area contributed by atoms with Crippen molar-refractivity contribution in [3.8, 4) is 11.1 Å². The van der Waals surface area contributed by atoms with Gasteiger partial charge >= 0.3 is 6.03 Å². The largest absolute Gasteiger partial charge is 0.338 e. The molecule has 3 aromatic rings. The van der Waals surface area contributed by atoms with Gasteiger partial charge in [0.15, 0.2) is 0 Å². The minimum absolute atomic E-state index is 0.204. The highest BCUT2D eigenvalue weighted by Gasteiger charge is 2.09. The zero-order valence-electron chi connectivity index (χ0n) is 18.8. The third-order valence-corrected chi connectivity index (χ3v) is 6.63. The van der Waals surface area contributed by atoms with Crippen LogP contribution in [0.5, 0.6) is 0 Å². The molecule has 0 saturated carbocycles. The van der Waals surface area contributed by atoms with Crippen LogP contribution in [0.4, 0.5) is 10.5 Å². The summed E-state index contributed by atoms with van der Waals surface area (Å²) < 4.78 is 1.09. The summed E-state index contributed by atoms with van der Waals surface area (Å²) in [5.74, 6) is 0.765. The number of urea groups is 1. The van der Waals surface area contributed by atoms with E-state index in [4.69, 9.17) is 0 Å². The summed E-state index contributed by atoms with van der Waals surface area (Å²) in [4.78, 5) is 20.9. The lowest BCUT2D eigenvalue weighted by atomic mass is 9.96. The third kappa shape index (κ3) is 7.29. The number of benzene rings is 1. The Morgan fingerprint density at radius 3 is 2.62 bits per heavy atom. The number of pyridine rings is 2. The van der Waals surface area contributed by atoms with E-state index in [2.05, 4.69) is 75.2 Å². The molecule has 0 radical (unpaired) electrons. The molecule has 0 fully saturated rings. The number of hydrogen-bond acceptors (Lipinski definition) is 3. The number of carbonyl (C=O) groups is 1. The summed E-state index contributed by atoms with van der Waals surface area (Å²) in [6, 6.07) is 14.0. The van der Waals surface area contributed by atoms with Gasteiger partial charge in [-0.2, -0.15) is 0 Å². The van der Waals surface area contributed by atoms with Crippen LogP contribution in [0.3, 0.4) is 0 Å². The highest BCUT2D eigenvalue weighted by atomic mass is 127. The normalized spacial score (nSPS) is 10.9. The van der Waals surface area contributed by atoms with E-state index in [1.54, 1.807) is 6.20 Å². The summed E-state index contributed by atoms with van der Waals surface area (Å²) in [7, 11) is 0. The molecule has 3 rings (SSSR count). The number of amides is 2. The van der Waals surface area contributed by atoms with Gasteiger partial charge < -0.3 is 10.6 Å². The molecule has 2 amide bonds. The van der Waals surface area contributed by atoms with Crippen LogP contribution in [0.15, 0.2) is 61.1 Å². The van der Waals surface area contributed by atoms with Crippen LogP contribution in [0, 0.1) is 9.49 Å². The number of aryl methyl sites for hydroxylation is 1. The first-order chi connectivity index (χ1) is 15.6. The molecular formula is C26H31IN4O. The average molecular weight is 542 g/mol. The second-order valence-corrected chi connectivity index (χ2v) is 9.11. The van der Waals surface area contributed by atoms with Crippen LogP contribution in [0.2, 0.25) is 0 Å². The van der Waals surface area contributed by atoms with Crippen molar-refractivity contribution < 1.29 is 4.79 Å². The summed E-state index contributed by atoms with van der Waals surface area (Å²) in [5.41, 5.74) is 5.33. The molecule has 0 bridgehead atoms. The molecule has 0 atom stereocenters. The predicted octanol–water partition coefficient (Wildman–Crippen LogP) is 6.48. The van der Waals surface area contributed by atoms with Crippen LogP contribution in [0.25, 0.3) is 11.1 Å². The molecular weight excluding hydrogens is 511 g/mol. The second kappa shape index (κ2) is 12.5. The second-order valence-electron chi connectivity index (χ2n) is 7.94. The molecule has 32 heavy (non-hydrogen) atoms. The lowest BCUT2D eigenvalue weighted by Crippen LogP contribution is -2.30. The van der Waals surface area contributed by atoms with Crippen molar-refractivity contribution in [3.63, 3.8) is 0 Å². The van der Waals surface area contributed by atoms with Crippen molar-refractivity contribution in [2.45, 2.75) is 46.0 Å². The maximum Gasteiger partial charge on any atom is 0.319 e. The standard InChI is InChI=1S/C26H31IN4O/c1-3-19(4-2)7-8-22-16-21(12-15-29-22)24-10-9-23(17-25(24)27)31-26(32)30-14-11-20-6-5-13-28-18-20/h5-6,9-10,12-13,15-19H,3-4,7-8,11,14H2,1-2H3,(H2,30,31,32). The Kier molecular flexibility index (Phi) is 9.46. The van der Waals surface area contributed by atoms with Gasteiger partial charge in [-0.3, -0.25) is 9.97 Å². The fourth-order valence-electron chi connectivity index (χ4n) is 3.70. The Bertz CT molecular complexity index is 1010. The van der Waals surface area contributed by atoms with Gasteiger partial charge in [0.2, 0.25) is 0 Å². The number of aromatic nitrogens is 2. The van der Waals surface area contributed by atoms with Gasteiger partial charge in [-0.05, 0) is 94.8 Å². The predicted molar refractivity (Wildman–Crippen MR) is 140 cm³/mol. The summed E-state index contributed by atoms with van der Waals surface area (Å²) in [5, 5.41) is 5.82. The summed E-state index contributed by atoms with van der Waals surface area (Å²) in [6.45, 7) is 5.08. The summed E-state index contributed by atoms with van der Waals surface area (Å²) in [6.07, 6.45) is 10.8. The van der Waals surface area contributed by atoms with Gasteiger partial charge in [0.25, 0.3) is 0 Å². The molecule has 168 valence electrons. The van der Waals surface area contributed by atoms with Crippen molar-refractivity contribution in [2.24, 2.45) is 5.92 Å². The Balaban J connectivity index is 1.57. The molecule has 0 unspecified atom stereocenters. The van der Waals surface area contributed by atoms with Gasteiger partial charge in [0.05, 0.1) is 0 Å². The van der Waals surface area contributed by atoms with Crippen LogP contribution in [-0.4, -0.2) is 22.5 Å². The maximum atomic E-state index is 12.2. The molecule has 5 nitrogen and oxygen atoms in total. The zero-order chi connectivity index (χ0) is 22.8. The average Bonchev–Trinajstić information content (AvgIpc) is 2.81. The van der Waals surface area contributed by atoms with E-state index in [1.165, 1.54) is 19.3 Å². The quantitative estimate of drug-likeness (QED) is 0.288. The molecule has 0 aliphatic heterocycles. The Labute approximate surface area is 204 Å². The Morgan fingerprint density at radius 2 is 1.91 bits per heavy atom. The van der Waals surface area contributed by atoms with Crippen LogP contribution < -0.4 is 10.6 Å². The number of halogens is 1. The number of nitrogens with zero attached hydrogens (tertiary/aromatic N) is 2. The number of hydrogen-bond donors (Lipinski definition) is 2. The van der Waals surface area contributed by atoms with E-state index in [-0.39, 0.29) is 6.03 Å². The molecule has 0 aliphatic carbocycles. The first-order valence-corrected chi connectivity index (χ1v) is 12.4. The van der Waals surface area contributed by atoms with E-state index >= 15 is 0 Å². The molecule has 2 N–H and O–H groups in total. The monoisotopic (exact) mass is 542 g/mol. The minimum atomic E-state index is -0.204. The van der Waals surface area contributed by atoms with E-state index in [0.717, 1.165) is 50.4 Å². The van der Waals surface area contributed by atoms with Gasteiger partial charge in [-0.25, -0.2) is 4.79 Å². The molecule has 0 saturated heterocycles. The lowest BCUT2D eigenvalue weighted by Gasteiger charge is -2.13. The zero-order valence-corrected chi connectivity index (χ0v) is 20.9. The van der Waals surface area contributed by atoms with Crippen LogP contribution in [0.1, 0.15) is 44.4 Å². The summed E-state index contributed by atoms with van der Waals surface area (Å²) >= 11 is 2.33. The molecule has 2 heterocycles.